The number of halogens is 3. The summed E-state index contributed by atoms with van der Waals surface area (Å²) >= 11 is 0. The third-order valence-corrected chi connectivity index (χ3v) is 5.26. The first kappa shape index (κ1) is 17.8. The van der Waals surface area contributed by atoms with Crippen LogP contribution in [0.1, 0.15) is 37.3 Å². The second-order valence-corrected chi connectivity index (χ2v) is 7.18. The SMILES string of the molecule is FC(F)(F)c1cccc(-c2nc(-c3ccc4c(c3)nnn4C3CCCC3)no2)c1. The van der Waals surface area contributed by atoms with Crippen molar-refractivity contribution in [1.82, 2.24) is 25.1 Å². The zero-order valence-electron chi connectivity index (χ0n) is 15.2. The summed E-state index contributed by atoms with van der Waals surface area (Å²) in [5, 5.41) is 12.5. The Morgan fingerprint density at radius 1 is 1.00 bits per heavy atom. The van der Waals surface area contributed by atoms with E-state index in [1.54, 1.807) is 0 Å². The summed E-state index contributed by atoms with van der Waals surface area (Å²) in [6, 6.07) is 10.8. The number of aromatic nitrogens is 5. The van der Waals surface area contributed by atoms with Gasteiger partial charge in [-0.05, 0) is 49.2 Å². The highest BCUT2D eigenvalue weighted by Gasteiger charge is 2.31. The van der Waals surface area contributed by atoms with Gasteiger partial charge in [-0.25, -0.2) is 4.68 Å². The quantitative estimate of drug-likeness (QED) is 0.469. The van der Waals surface area contributed by atoms with Crippen LogP contribution in [0.5, 0.6) is 0 Å². The van der Waals surface area contributed by atoms with Gasteiger partial charge >= 0.3 is 6.18 Å². The molecule has 2 heterocycles. The van der Waals surface area contributed by atoms with Crippen molar-refractivity contribution < 1.29 is 17.7 Å². The first-order valence-corrected chi connectivity index (χ1v) is 9.36. The lowest BCUT2D eigenvalue weighted by Crippen LogP contribution is -2.06. The molecule has 4 aromatic rings. The lowest BCUT2D eigenvalue weighted by Gasteiger charge is -2.09. The summed E-state index contributed by atoms with van der Waals surface area (Å²) in [6.07, 6.45) is 0.169. The van der Waals surface area contributed by atoms with E-state index in [0.717, 1.165) is 36.0 Å². The van der Waals surface area contributed by atoms with Crippen LogP contribution in [0.15, 0.2) is 47.0 Å². The van der Waals surface area contributed by atoms with Gasteiger partial charge in [0.2, 0.25) is 5.82 Å². The summed E-state index contributed by atoms with van der Waals surface area (Å²) in [7, 11) is 0. The van der Waals surface area contributed by atoms with Crippen molar-refractivity contribution in [3.05, 3.63) is 48.0 Å². The normalized spacial score (nSPS) is 15.4. The molecule has 1 aliphatic carbocycles. The largest absolute Gasteiger partial charge is 0.416 e. The molecule has 2 aromatic heterocycles. The molecule has 1 fully saturated rings. The molecule has 5 rings (SSSR count). The maximum Gasteiger partial charge on any atom is 0.416 e. The lowest BCUT2D eigenvalue weighted by molar-refractivity contribution is -0.137. The predicted molar refractivity (Wildman–Crippen MR) is 98.8 cm³/mol. The second-order valence-electron chi connectivity index (χ2n) is 7.18. The maximum atomic E-state index is 12.9. The number of rotatable bonds is 3. The minimum absolute atomic E-state index is 0.0285. The average molecular weight is 399 g/mol. The molecule has 148 valence electrons. The summed E-state index contributed by atoms with van der Waals surface area (Å²) in [5.41, 5.74) is 1.78. The number of alkyl halides is 3. The van der Waals surface area contributed by atoms with E-state index in [1.807, 2.05) is 22.9 Å². The third-order valence-electron chi connectivity index (χ3n) is 5.26. The van der Waals surface area contributed by atoms with E-state index in [4.69, 9.17) is 4.52 Å². The average Bonchev–Trinajstić information content (AvgIpc) is 3.46. The van der Waals surface area contributed by atoms with Crippen LogP contribution in [0.2, 0.25) is 0 Å². The smallest absolute Gasteiger partial charge is 0.334 e. The van der Waals surface area contributed by atoms with Crippen LogP contribution < -0.4 is 0 Å². The Hall–Kier alpha value is -3.23. The van der Waals surface area contributed by atoms with Crippen molar-refractivity contribution in [1.29, 1.82) is 0 Å². The molecule has 1 aliphatic rings. The van der Waals surface area contributed by atoms with Gasteiger partial charge in [-0.2, -0.15) is 18.2 Å². The summed E-state index contributed by atoms with van der Waals surface area (Å²) in [5.74, 6) is 0.315. The summed E-state index contributed by atoms with van der Waals surface area (Å²) < 4.78 is 46.0. The van der Waals surface area contributed by atoms with Gasteiger partial charge in [0, 0.05) is 11.1 Å². The van der Waals surface area contributed by atoms with E-state index in [9.17, 15) is 13.2 Å². The van der Waals surface area contributed by atoms with E-state index in [2.05, 4.69) is 20.5 Å². The highest BCUT2D eigenvalue weighted by atomic mass is 19.4. The van der Waals surface area contributed by atoms with Crippen molar-refractivity contribution >= 4 is 11.0 Å². The molecular weight excluding hydrogens is 383 g/mol. The molecule has 6 nitrogen and oxygen atoms in total. The van der Waals surface area contributed by atoms with Crippen LogP contribution in [-0.4, -0.2) is 25.1 Å². The summed E-state index contributed by atoms with van der Waals surface area (Å²) in [6.45, 7) is 0. The molecule has 0 atom stereocenters. The molecule has 1 saturated carbocycles. The Bertz CT molecular complexity index is 1170. The van der Waals surface area contributed by atoms with E-state index >= 15 is 0 Å². The van der Waals surface area contributed by atoms with Crippen molar-refractivity contribution in [2.75, 3.05) is 0 Å². The van der Waals surface area contributed by atoms with Crippen LogP contribution in [0.4, 0.5) is 13.2 Å². The summed E-state index contributed by atoms with van der Waals surface area (Å²) in [4.78, 5) is 4.26. The first-order valence-electron chi connectivity index (χ1n) is 9.36. The number of hydrogen-bond acceptors (Lipinski definition) is 5. The van der Waals surface area contributed by atoms with Crippen LogP contribution in [-0.2, 0) is 6.18 Å². The predicted octanol–water partition coefficient (Wildman–Crippen LogP) is 5.28. The topological polar surface area (TPSA) is 69.6 Å². The van der Waals surface area contributed by atoms with Gasteiger partial charge in [0.15, 0.2) is 0 Å². The number of benzene rings is 2. The Morgan fingerprint density at radius 2 is 1.83 bits per heavy atom. The van der Waals surface area contributed by atoms with E-state index in [0.29, 0.717) is 11.6 Å². The second kappa shape index (κ2) is 6.68. The monoisotopic (exact) mass is 399 g/mol. The molecule has 0 saturated heterocycles. The van der Waals surface area contributed by atoms with Gasteiger partial charge in [0.25, 0.3) is 5.89 Å². The van der Waals surface area contributed by atoms with E-state index in [1.165, 1.54) is 25.0 Å². The van der Waals surface area contributed by atoms with Crippen molar-refractivity contribution in [3.63, 3.8) is 0 Å². The number of nitrogens with zero attached hydrogens (tertiary/aromatic N) is 5. The highest BCUT2D eigenvalue weighted by Crippen LogP contribution is 2.33. The molecule has 0 radical (unpaired) electrons. The maximum absolute atomic E-state index is 12.9. The van der Waals surface area contributed by atoms with Crippen LogP contribution in [0.25, 0.3) is 33.9 Å². The molecule has 2 aromatic carbocycles. The molecule has 0 aliphatic heterocycles. The van der Waals surface area contributed by atoms with Crippen LogP contribution >= 0.6 is 0 Å². The van der Waals surface area contributed by atoms with Gasteiger partial charge in [-0.3, -0.25) is 0 Å². The van der Waals surface area contributed by atoms with Crippen LogP contribution in [0, 0.1) is 0 Å². The third kappa shape index (κ3) is 3.26. The Morgan fingerprint density at radius 3 is 2.62 bits per heavy atom. The van der Waals surface area contributed by atoms with Gasteiger partial charge in [0.1, 0.15) is 5.52 Å². The fourth-order valence-electron chi connectivity index (χ4n) is 3.79. The fraction of sp³-hybridized carbons (Fsp3) is 0.300. The van der Waals surface area contributed by atoms with E-state index in [-0.39, 0.29) is 17.3 Å². The Labute approximate surface area is 163 Å². The molecule has 0 spiro atoms. The molecule has 0 N–H and O–H groups in total. The van der Waals surface area contributed by atoms with Crippen molar-refractivity contribution in [2.24, 2.45) is 0 Å². The van der Waals surface area contributed by atoms with Crippen molar-refractivity contribution in [2.45, 2.75) is 37.9 Å². The minimum Gasteiger partial charge on any atom is -0.334 e. The minimum atomic E-state index is -4.44. The first-order chi connectivity index (χ1) is 14.0. The number of fused-ring (bicyclic) bond motifs is 1. The standard InChI is InChI=1S/C20H16F3N5O/c21-20(22,23)14-5-3-4-13(10-14)19-24-18(26-29-19)12-8-9-17-16(11-12)25-27-28(17)15-6-1-2-7-15/h3-5,8-11,15H,1-2,6-7H2. The lowest BCUT2D eigenvalue weighted by atomic mass is 10.1. The van der Waals surface area contributed by atoms with Gasteiger partial charge < -0.3 is 4.52 Å². The Balaban J connectivity index is 1.47. The van der Waals surface area contributed by atoms with E-state index < -0.39 is 11.7 Å². The molecule has 0 unspecified atom stereocenters. The Kier molecular flexibility index (Phi) is 4.11. The molecule has 0 amide bonds. The van der Waals surface area contributed by atoms with Crippen LogP contribution in [0.3, 0.4) is 0 Å². The molecular formula is C20H16F3N5O. The number of hydrogen-bond donors (Lipinski definition) is 0. The fourth-order valence-corrected chi connectivity index (χ4v) is 3.79. The zero-order chi connectivity index (χ0) is 20.0. The van der Waals surface area contributed by atoms with Gasteiger partial charge in [-0.1, -0.05) is 29.3 Å². The molecule has 0 bridgehead atoms. The zero-order valence-corrected chi connectivity index (χ0v) is 15.2. The van der Waals surface area contributed by atoms with Crippen molar-refractivity contribution in [3.8, 4) is 22.8 Å². The molecule has 29 heavy (non-hydrogen) atoms. The highest BCUT2D eigenvalue weighted by molar-refractivity contribution is 5.80. The molecule has 9 heteroatoms. The van der Waals surface area contributed by atoms with Gasteiger partial charge in [0.05, 0.1) is 17.1 Å². The van der Waals surface area contributed by atoms with Gasteiger partial charge in [-0.15, -0.1) is 5.10 Å².